The van der Waals surface area contributed by atoms with Crippen molar-refractivity contribution in [2.24, 2.45) is 0 Å². The van der Waals surface area contributed by atoms with Crippen LogP contribution in [0.2, 0.25) is 0 Å². The molecule has 0 spiro atoms. The Kier molecular flexibility index (Phi) is 4.84. The van der Waals surface area contributed by atoms with Crippen LogP contribution < -0.4 is 0 Å². The molecule has 2 aliphatic carbocycles. The van der Waals surface area contributed by atoms with Gasteiger partial charge in [0.2, 0.25) is 0 Å². The Bertz CT molecular complexity index is 800. The normalized spacial score (nSPS) is 26.4. The summed E-state index contributed by atoms with van der Waals surface area (Å²) in [5.74, 6) is 0. The molecule has 2 aromatic rings. The van der Waals surface area contributed by atoms with E-state index in [1.54, 1.807) is 0 Å². The number of fused-ring (bicyclic) bond motifs is 2. The van der Waals surface area contributed by atoms with Crippen molar-refractivity contribution in [1.82, 2.24) is 0 Å². The van der Waals surface area contributed by atoms with E-state index < -0.39 is 0 Å². The van der Waals surface area contributed by atoms with Crippen molar-refractivity contribution in [3.05, 3.63) is 82.9 Å². The number of rotatable bonds is 3. The van der Waals surface area contributed by atoms with Crippen molar-refractivity contribution < 1.29 is 26.2 Å². The van der Waals surface area contributed by atoms with E-state index >= 15 is 0 Å². The van der Waals surface area contributed by atoms with E-state index in [0.29, 0.717) is 0 Å². The molecule has 0 saturated carbocycles. The van der Waals surface area contributed by atoms with Gasteiger partial charge in [0.05, 0.1) is 0 Å². The van der Waals surface area contributed by atoms with Crippen molar-refractivity contribution in [3.8, 4) is 0 Å². The van der Waals surface area contributed by atoms with Crippen molar-refractivity contribution in [1.29, 1.82) is 0 Å². The summed E-state index contributed by atoms with van der Waals surface area (Å²) < 4.78 is 0. The van der Waals surface area contributed by atoms with Crippen molar-refractivity contribution >= 4 is 11.1 Å². The summed E-state index contributed by atoms with van der Waals surface area (Å²) in [5, 5.41) is 0. The van der Waals surface area contributed by atoms with Crippen LogP contribution in [0.15, 0.2) is 48.5 Å². The summed E-state index contributed by atoms with van der Waals surface area (Å²) >= 11 is 0. The Morgan fingerprint density at radius 2 is 1.04 bits per heavy atom. The molecule has 0 nitrogen and oxygen atoms in total. The second-order valence-electron chi connectivity index (χ2n) is 7.76. The zero-order valence-corrected chi connectivity index (χ0v) is 18.0. The first kappa shape index (κ1) is 18.6. The van der Waals surface area contributed by atoms with Gasteiger partial charge in [-0.3, -0.25) is 12.2 Å². The van der Waals surface area contributed by atoms with Gasteiger partial charge in [0, 0.05) is 0 Å². The molecule has 0 bridgehead atoms. The average Bonchev–Trinajstić information content (AvgIpc) is 3.00. The first-order chi connectivity index (χ1) is 11.4. The largest absolute Gasteiger partial charge is 2.00 e. The molecule has 0 aliphatic heterocycles. The molecule has 2 atom stereocenters. The average molecular weight is 404 g/mol. The van der Waals surface area contributed by atoms with Crippen molar-refractivity contribution in [2.45, 2.75) is 51.4 Å². The Morgan fingerprint density at radius 1 is 0.680 bits per heavy atom. The van der Waals surface area contributed by atoms with Crippen LogP contribution in [0, 0.1) is 12.2 Å². The molecule has 25 heavy (non-hydrogen) atoms. The fourth-order valence-corrected chi connectivity index (χ4v) is 4.57. The van der Waals surface area contributed by atoms with Gasteiger partial charge >= 0.3 is 26.2 Å². The molecule has 4 rings (SSSR count). The van der Waals surface area contributed by atoms with Crippen LogP contribution in [0.1, 0.15) is 62.8 Å². The van der Waals surface area contributed by atoms with Crippen LogP contribution >= 0.6 is 0 Å². The standard InChI is InChI=1S/C24H24.Zr/c1-17-15-23(3,21-11-7-5-9-19(17)21)13-14-24(4)16-18(2)20-10-6-8-12-22(20)24;/h5-12H,13-14H2,1-4H3;/q-2;+2. The molecule has 2 aromatic carbocycles. The monoisotopic (exact) mass is 402 g/mol. The summed E-state index contributed by atoms with van der Waals surface area (Å²) in [7, 11) is 0. The second-order valence-corrected chi connectivity index (χ2v) is 7.76. The van der Waals surface area contributed by atoms with Crippen molar-refractivity contribution in [3.63, 3.8) is 0 Å². The summed E-state index contributed by atoms with van der Waals surface area (Å²) in [6.07, 6.45) is 9.69. The first-order valence-electron chi connectivity index (χ1n) is 8.86. The van der Waals surface area contributed by atoms with Crippen LogP contribution in [0.4, 0.5) is 0 Å². The zero-order chi connectivity index (χ0) is 16.9. The van der Waals surface area contributed by atoms with E-state index in [2.05, 4.69) is 88.4 Å². The van der Waals surface area contributed by atoms with Gasteiger partial charge in [-0.25, -0.2) is 11.1 Å². The molecule has 0 N–H and O–H groups in total. The van der Waals surface area contributed by atoms with E-state index in [-0.39, 0.29) is 37.0 Å². The number of allylic oxidation sites excluding steroid dienone is 4. The minimum Gasteiger partial charge on any atom is -0.262 e. The molecule has 2 aliphatic rings. The van der Waals surface area contributed by atoms with Crippen LogP contribution in [-0.2, 0) is 37.0 Å². The maximum absolute atomic E-state index is 3.75. The smallest absolute Gasteiger partial charge is 0.262 e. The van der Waals surface area contributed by atoms with E-state index in [9.17, 15) is 0 Å². The number of benzene rings is 2. The molecule has 124 valence electrons. The van der Waals surface area contributed by atoms with Gasteiger partial charge in [-0.15, -0.1) is 23.3 Å². The third kappa shape index (κ3) is 2.95. The third-order valence-electron chi connectivity index (χ3n) is 5.90. The topological polar surface area (TPSA) is 0 Å². The Labute approximate surface area is 171 Å². The molecule has 1 heteroatoms. The van der Waals surface area contributed by atoms with Crippen LogP contribution in [0.25, 0.3) is 11.1 Å². The molecule has 0 radical (unpaired) electrons. The molecule has 2 unspecified atom stereocenters. The van der Waals surface area contributed by atoms with Crippen molar-refractivity contribution in [2.75, 3.05) is 0 Å². The molecule has 0 amide bonds. The van der Waals surface area contributed by atoms with Crippen LogP contribution in [0.5, 0.6) is 0 Å². The molecular formula is C24H24Zr. The third-order valence-corrected chi connectivity index (χ3v) is 5.90. The maximum Gasteiger partial charge on any atom is 2.00 e. The molecule has 0 fully saturated rings. The predicted molar refractivity (Wildman–Crippen MR) is 101 cm³/mol. The van der Waals surface area contributed by atoms with Gasteiger partial charge in [0.25, 0.3) is 0 Å². The molecular weight excluding hydrogens is 379 g/mol. The van der Waals surface area contributed by atoms with Gasteiger partial charge in [-0.2, -0.15) is 11.1 Å². The van der Waals surface area contributed by atoms with E-state index in [0.717, 1.165) is 12.8 Å². The number of hydrogen-bond donors (Lipinski definition) is 0. The molecule has 0 heterocycles. The Balaban J connectivity index is 0.00000182. The summed E-state index contributed by atoms with van der Waals surface area (Å²) in [6, 6.07) is 17.6. The van der Waals surface area contributed by atoms with E-state index in [1.165, 1.54) is 33.4 Å². The zero-order valence-electron chi connectivity index (χ0n) is 15.5. The van der Waals surface area contributed by atoms with Crippen LogP contribution in [0.3, 0.4) is 0 Å². The van der Waals surface area contributed by atoms with Gasteiger partial charge < -0.3 is 0 Å². The number of hydrogen-bond acceptors (Lipinski definition) is 0. The fraction of sp³-hybridized carbons (Fsp3) is 0.333. The second kappa shape index (κ2) is 6.51. The van der Waals surface area contributed by atoms with E-state index in [1.807, 2.05) is 0 Å². The molecule has 0 aromatic heterocycles. The SMILES string of the molecule is CC1=[C-]C(C)(CCC2(C)[C-]=C(C)c3ccccc32)c2ccccc21.[Zr+2]. The summed E-state index contributed by atoms with van der Waals surface area (Å²) in [4.78, 5) is 0. The molecule has 0 saturated heterocycles. The quantitative estimate of drug-likeness (QED) is 0.542. The first-order valence-corrected chi connectivity index (χ1v) is 8.86. The summed E-state index contributed by atoms with van der Waals surface area (Å²) in [6.45, 7) is 9.05. The van der Waals surface area contributed by atoms with E-state index in [4.69, 9.17) is 0 Å². The predicted octanol–water partition coefficient (Wildman–Crippen LogP) is 6.12. The van der Waals surface area contributed by atoms with Gasteiger partial charge in [-0.1, -0.05) is 87.8 Å². The maximum atomic E-state index is 3.75. The minimum absolute atomic E-state index is 0. The fourth-order valence-electron chi connectivity index (χ4n) is 4.57. The van der Waals surface area contributed by atoms with Gasteiger partial charge in [0.15, 0.2) is 0 Å². The van der Waals surface area contributed by atoms with Crippen LogP contribution in [-0.4, -0.2) is 0 Å². The summed E-state index contributed by atoms with van der Waals surface area (Å²) in [5.41, 5.74) is 8.20. The Hall–Kier alpha value is -1.20. The van der Waals surface area contributed by atoms with Gasteiger partial charge in [-0.05, 0) is 0 Å². The minimum atomic E-state index is 0. The Morgan fingerprint density at radius 3 is 1.44 bits per heavy atom. The van der Waals surface area contributed by atoms with Gasteiger partial charge in [0.1, 0.15) is 0 Å².